The van der Waals surface area contributed by atoms with Crippen LogP contribution in [0.25, 0.3) is 0 Å². The summed E-state index contributed by atoms with van der Waals surface area (Å²) in [6.45, 7) is -0.526. The molecular weight excluding hydrogens is 256 g/mol. The van der Waals surface area contributed by atoms with E-state index in [2.05, 4.69) is 4.74 Å². The quantitative estimate of drug-likeness (QED) is 0.377. The van der Waals surface area contributed by atoms with Crippen molar-refractivity contribution < 1.29 is 35.1 Å². The predicted octanol–water partition coefficient (Wildman–Crippen LogP) is -1.93. The molecular formula is C12H20O7. The lowest BCUT2D eigenvalue weighted by Crippen LogP contribution is -2.58. The Morgan fingerprint density at radius 2 is 1.84 bits per heavy atom. The third-order valence-corrected chi connectivity index (χ3v) is 2.96. The maximum Gasteiger partial charge on any atom is 0.184 e. The van der Waals surface area contributed by atoms with E-state index in [4.69, 9.17) is 25.5 Å². The molecule has 5 atom stereocenters. The van der Waals surface area contributed by atoms with Gasteiger partial charge in [-0.3, -0.25) is 4.79 Å². The van der Waals surface area contributed by atoms with Crippen LogP contribution in [0.1, 0.15) is 19.3 Å². The molecule has 19 heavy (non-hydrogen) atoms. The molecule has 0 bridgehead atoms. The molecule has 5 N–H and O–H groups in total. The molecule has 1 fully saturated rings. The largest absolute Gasteiger partial charge is 0.394 e. The lowest BCUT2D eigenvalue weighted by Gasteiger charge is -2.37. The Morgan fingerprint density at radius 3 is 2.26 bits per heavy atom. The van der Waals surface area contributed by atoms with Crippen LogP contribution in [0.2, 0.25) is 0 Å². The van der Waals surface area contributed by atoms with Crippen molar-refractivity contribution >= 4 is 5.78 Å². The maximum atomic E-state index is 10.4. The summed E-state index contributed by atoms with van der Waals surface area (Å²) in [5, 5.41) is 44.7. The number of allylic oxidation sites excluding steroid dienone is 2. The van der Waals surface area contributed by atoms with Gasteiger partial charge in [-0.1, -0.05) is 6.08 Å². The number of rotatable bonds is 1. The third-order valence-electron chi connectivity index (χ3n) is 2.96. The van der Waals surface area contributed by atoms with Gasteiger partial charge < -0.3 is 30.3 Å². The first kappa shape index (κ1) is 16.2. The molecule has 0 aromatic carbocycles. The van der Waals surface area contributed by atoms with E-state index in [-0.39, 0.29) is 5.78 Å². The van der Waals surface area contributed by atoms with Crippen molar-refractivity contribution in [1.82, 2.24) is 0 Å². The number of hydrogen-bond donors (Lipinski definition) is 5. The molecule has 7 nitrogen and oxygen atoms in total. The Hall–Kier alpha value is -0.830. The van der Waals surface area contributed by atoms with Gasteiger partial charge in [0.25, 0.3) is 0 Å². The van der Waals surface area contributed by atoms with Crippen molar-refractivity contribution in [2.45, 2.75) is 50.0 Å². The average Bonchev–Trinajstić information content (AvgIpc) is 2.42. The monoisotopic (exact) mass is 276 g/mol. The molecule has 1 saturated heterocycles. The van der Waals surface area contributed by atoms with Gasteiger partial charge in [0, 0.05) is 6.42 Å². The van der Waals surface area contributed by atoms with Gasteiger partial charge in [-0.05, 0) is 18.9 Å². The highest BCUT2D eigenvalue weighted by Gasteiger charge is 2.42. The second kappa shape index (κ2) is 7.68. The Labute approximate surface area is 110 Å². The zero-order valence-corrected chi connectivity index (χ0v) is 10.4. The van der Waals surface area contributed by atoms with Crippen LogP contribution in [-0.2, 0) is 9.53 Å². The van der Waals surface area contributed by atoms with E-state index in [1.807, 2.05) is 6.08 Å². The summed E-state index contributed by atoms with van der Waals surface area (Å²) in [7, 11) is 0. The lowest BCUT2D eigenvalue weighted by molar-refractivity contribution is -0.286. The number of aliphatic hydroxyl groups is 5. The Kier molecular flexibility index (Phi) is 6.56. The van der Waals surface area contributed by atoms with Crippen molar-refractivity contribution in [2.75, 3.05) is 6.61 Å². The lowest BCUT2D eigenvalue weighted by atomic mass is 10.00. The maximum absolute atomic E-state index is 10.4. The Bertz CT molecular complexity index is 312. The van der Waals surface area contributed by atoms with Gasteiger partial charge in [-0.15, -0.1) is 0 Å². The Morgan fingerprint density at radius 1 is 1.16 bits per heavy atom. The standard InChI is InChI=1S/C6H12O6.C6H8O/c7-1-2-3(8)4(9)5(10)6(11)12-2;7-6-4-2-1-3-5-6/h2-11H,1H2;2,4H,1,3,5H2/t2-,3-,4+,5-,6?;/m1./s1. The molecule has 1 unspecified atom stereocenters. The number of ether oxygens (including phenoxy) is 1. The van der Waals surface area contributed by atoms with Gasteiger partial charge in [0.05, 0.1) is 6.61 Å². The summed E-state index contributed by atoms with van der Waals surface area (Å²) in [5.74, 6) is 0.284. The van der Waals surface area contributed by atoms with Crippen LogP contribution in [-0.4, -0.2) is 68.6 Å². The van der Waals surface area contributed by atoms with E-state index in [9.17, 15) is 4.79 Å². The van der Waals surface area contributed by atoms with Crippen molar-refractivity contribution in [3.8, 4) is 0 Å². The van der Waals surface area contributed by atoms with Gasteiger partial charge in [0.1, 0.15) is 24.4 Å². The van der Waals surface area contributed by atoms with Crippen LogP contribution in [0.3, 0.4) is 0 Å². The zero-order chi connectivity index (χ0) is 14.4. The fraction of sp³-hybridized carbons (Fsp3) is 0.750. The topological polar surface area (TPSA) is 127 Å². The van der Waals surface area contributed by atoms with E-state index in [0.717, 1.165) is 19.3 Å². The highest BCUT2D eigenvalue weighted by atomic mass is 16.6. The molecule has 110 valence electrons. The second-order valence-electron chi connectivity index (χ2n) is 4.48. The zero-order valence-electron chi connectivity index (χ0n) is 10.4. The summed E-state index contributed by atoms with van der Waals surface area (Å²) in [6, 6.07) is 0. The molecule has 0 aromatic rings. The SMILES string of the molecule is O=C1C=CCCC1.OC[C@H]1OC(O)[C@H](O)[C@@H](O)[C@@H]1O. The summed E-state index contributed by atoms with van der Waals surface area (Å²) in [4.78, 5) is 10.4. The summed E-state index contributed by atoms with van der Waals surface area (Å²) >= 11 is 0. The van der Waals surface area contributed by atoms with E-state index in [0.29, 0.717) is 0 Å². The van der Waals surface area contributed by atoms with Gasteiger partial charge in [0.2, 0.25) is 0 Å². The van der Waals surface area contributed by atoms with Crippen molar-refractivity contribution in [3.63, 3.8) is 0 Å². The summed E-state index contributed by atoms with van der Waals surface area (Å²) in [6.07, 6.45) is -0.534. The van der Waals surface area contributed by atoms with E-state index in [1.165, 1.54) is 0 Å². The first-order chi connectivity index (χ1) is 8.97. The number of carbonyl (C=O) groups excluding carboxylic acids is 1. The minimum atomic E-state index is -1.57. The van der Waals surface area contributed by atoms with Crippen molar-refractivity contribution in [1.29, 1.82) is 0 Å². The minimum absolute atomic E-state index is 0.284. The van der Waals surface area contributed by atoms with Crippen LogP contribution in [0.4, 0.5) is 0 Å². The summed E-state index contributed by atoms with van der Waals surface area (Å²) in [5.41, 5.74) is 0. The van der Waals surface area contributed by atoms with Crippen molar-refractivity contribution in [3.05, 3.63) is 12.2 Å². The Balaban J connectivity index is 0.000000218. The number of hydrogen-bond acceptors (Lipinski definition) is 7. The highest BCUT2D eigenvalue weighted by Crippen LogP contribution is 2.18. The molecule has 1 aliphatic carbocycles. The molecule has 2 rings (SSSR count). The van der Waals surface area contributed by atoms with E-state index < -0.39 is 37.3 Å². The number of aliphatic hydroxyl groups excluding tert-OH is 5. The number of ketones is 1. The first-order valence-electron chi connectivity index (χ1n) is 6.15. The fourth-order valence-corrected chi connectivity index (χ4v) is 1.77. The van der Waals surface area contributed by atoms with Crippen LogP contribution in [0.5, 0.6) is 0 Å². The first-order valence-corrected chi connectivity index (χ1v) is 6.15. The molecule has 0 spiro atoms. The summed E-state index contributed by atoms with van der Waals surface area (Å²) < 4.78 is 4.58. The predicted molar refractivity (Wildman–Crippen MR) is 64.0 cm³/mol. The highest BCUT2D eigenvalue weighted by molar-refractivity contribution is 5.90. The molecule has 1 heterocycles. The van der Waals surface area contributed by atoms with Gasteiger partial charge in [-0.25, -0.2) is 0 Å². The number of carbonyl (C=O) groups is 1. The molecule has 2 aliphatic rings. The van der Waals surface area contributed by atoms with Crippen LogP contribution in [0.15, 0.2) is 12.2 Å². The van der Waals surface area contributed by atoms with E-state index >= 15 is 0 Å². The molecule has 0 saturated carbocycles. The van der Waals surface area contributed by atoms with Crippen LogP contribution < -0.4 is 0 Å². The third kappa shape index (κ3) is 4.64. The normalized spacial score (nSPS) is 38.6. The fourth-order valence-electron chi connectivity index (χ4n) is 1.77. The van der Waals surface area contributed by atoms with Crippen LogP contribution >= 0.6 is 0 Å². The molecule has 1 aliphatic heterocycles. The average molecular weight is 276 g/mol. The van der Waals surface area contributed by atoms with Gasteiger partial charge >= 0.3 is 0 Å². The molecule has 0 amide bonds. The minimum Gasteiger partial charge on any atom is -0.394 e. The van der Waals surface area contributed by atoms with Gasteiger partial charge in [-0.2, -0.15) is 0 Å². The second-order valence-corrected chi connectivity index (χ2v) is 4.48. The molecule has 0 radical (unpaired) electrons. The molecule has 7 heteroatoms. The smallest absolute Gasteiger partial charge is 0.184 e. The molecule has 0 aromatic heterocycles. The van der Waals surface area contributed by atoms with Crippen LogP contribution in [0, 0.1) is 0 Å². The van der Waals surface area contributed by atoms with Crippen molar-refractivity contribution in [2.24, 2.45) is 0 Å². The van der Waals surface area contributed by atoms with Gasteiger partial charge in [0.15, 0.2) is 12.1 Å². The van der Waals surface area contributed by atoms with E-state index in [1.54, 1.807) is 6.08 Å².